The Balaban J connectivity index is 1.95. The van der Waals surface area contributed by atoms with Crippen molar-refractivity contribution in [1.29, 1.82) is 0 Å². The lowest BCUT2D eigenvalue weighted by Crippen LogP contribution is -2.31. The predicted octanol–water partition coefficient (Wildman–Crippen LogP) is 0.493. The van der Waals surface area contributed by atoms with Crippen LogP contribution in [0.2, 0.25) is 0 Å². The maximum absolute atomic E-state index is 11.0. The fraction of sp³-hybridized carbons (Fsp3) is 0.417. The SMILES string of the molecule is CC(Cn1cccn1)NCc1c(C(=O)O)cnn1C. The first-order valence-electron chi connectivity index (χ1n) is 6.03. The summed E-state index contributed by atoms with van der Waals surface area (Å²) in [6.07, 6.45) is 5.00. The number of aromatic carboxylic acids is 1. The van der Waals surface area contributed by atoms with Crippen LogP contribution in [-0.4, -0.2) is 36.7 Å². The molecule has 0 radical (unpaired) electrons. The van der Waals surface area contributed by atoms with E-state index in [9.17, 15) is 4.79 Å². The number of nitrogens with one attached hydrogen (secondary N) is 1. The van der Waals surface area contributed by atoms with Crippen LogP contribution < -0.4 is 5.32 Å². The van der Waals surface area contributed by atoms with E-state index in [-0.39, 0.29) is 11.6 Å². The van der Waals surface area contributed by atoms with E-state index in [4.69, 9.17) is 5.11 Å². The van der Waals surface area contributed by atoms with Crippen LogP contribution in [0, 0.1) is 0 Å². The zero-order valence-corrected chi connectivity index (χ0v) is 10.9. The zero-order valence-electron chi connectivity index (χ0n) is 10.9. The third-order valence-electron chi connectivity index (χ3n) is 2.93. The van der Waals surface area contributed by atoms with Crippen LogP contribution in [0.3, 0.4) is 0 Å². The summed E-state index contributed by atoms with van der Waals surface area (Å²) in [5.74, 6) is -0.954. The number of hydrogen-bond acceptors (Lipinski definition) is 4. The van der Waals surface area contributed by atoms with Crippen LogP contribution >= 0.6 is 0 Å². The van der Waals surface area contributed by atoms with Gasteiger partial charge in [-0.2, -0.15) is 10.2 Å². The van der Waals surface area contributed by atoms with Gasteiger partial charge in [0, 0.05) is 32.0 Å². The molecule has 7 nitrogen and oxygen atoms in total. The van der Waals surface area contributed by atoms with E-state index in [1.54, 1.807) is 17.9 Å². The van der Waals surface area contributed by atoms with Gasteiger partial charge in [-0.1, -0.05) is 0 Å². The first kappa shape index (κ1) is 13.3. The lowest BCUT2D eigenvalue weighted by molar-refractivity contribution is 0.0695. The Morgan fingerprint density at radius 1 is 1.53 bits per heavy atom. The van der Waals surface area contributed by atoms with Gasteiger partial charge >= 0.3 is 5.97 Å². The van der Waals surface area contributed by atoms with Crippen LogP contribution in [0.15, 0.2) is 24.7 Å². The summed E-state index contributed by atoms with van der Waals surface area (Å²) >= 11 is 0. The van der Waals surface area contributed by atoms with E-state index in [1.165, 1.54) is 6.20 Å². The minimum atomic E-state index is -0.954. The standard InChI is InChI=1S/C12H17N5O2/c1-9(8-17-5-3-4-14-17)13-7-11-10(12(18)19)6-15-16(11)2/h3-6,9,13H,7-8H2,1-2H3,(H,18,19). The number of rotatable bonds is 6. The average Bonchev–Trinajstić information content (AvgIpc) is 2.96. The van der Waals surface area contributed by atoms with Gasteiger partial charge in [-0.15, -0.1) is 0 Å². The van der Waals surface area contributed by atoms with Crippen LogP contribution in [0.1, 0.15) is 23.0 Å². The molecule has 0 saturated heterocycles. The second kappa shape index (κ2) is 5.66. The molecule has 7 heteroatoms. The predicted molar refractivity (Wildman–Crippen MR) is 68.7 cm³/mol. The number of carboxylic acids is 1. The molecule has 0 fully saturated rings. The Kier molecular flexibility index (Phi) is 3.96. The van der Waals surface area contributed by atoms with E-state index in [1.807, 2.05) is 23.9 Å². The van der Waals surface area contributed by atoms with Crippen LogP contribution in [0.25, 0.3) is 0 Å². The maximum Gasteiger partial charge on any atom is 0.339 e. The Bertz CT molecular complexity index is 546. The fourth-order valence-electron chi connectivity index (χ4n) is 1.88. The van der Waals surface area contributed by atoms with Gasteiger partial charge in [0.25, 0.3) is 0 Å². The lowest BCUT2D eigenvalue weighted by Gasteiger charge is -2.14. The molecule has 0 aliphatic heterocycles. The van der Waals surface area contributed by atoms with Gasteiger partial charge in [-0.3, -0.25) is 9.36 Å². The second-order valence-electron chi connectivity index (χ2n) is 4.44. The lowest BCUT2D eigenvalue weighted by atomic mass is 10.2. The number of aryl methyl sites for hydroxylation is 1. The minimum Gasteiger partial charge on any atom is -0.478 e. The molecule has 1 atom stereocenters. The van der Waals surface area contributed by atoms with E-state index in [0.29, 0.717) is 12.2 Å². The van der Waals surface area contributed by atoms with Crippen LogP contribution in [0.5, 0.6) is 0 Å². The van der Waals surface area contributed by atoms with Gasteiger partial charge in [0.2, 0.25) is 0 Å². The summed E-state index contributed by atoms with van der Waals surface area (Å²) in [7, 11) is 1.74. The number of carboxylic acid groups (broad SMARTS) is 1. The molecule has 2 aromatic heterocycles. The molecule has 2 aromatic rings. The van der Waals surface area contributed by atoms with Crippen LogP contribution in [-0.2, 0) is 20.1 Å². The van der Waals surface area contributed by atoms with Gasteiger partial charge in [0.15, 0.2) is 0 Å². The number of hydrogen-bond donors (Lipinski definition) is 2. The van der Waals surface area contributed by atoms with E-state index in [2.05, 4.69) is 15.5 Å². The van der Waals surface area contributed by atoms with Crippen molar-refractivity contribution in [3.8, 4) is 0 Å². The third kappa shape index (κ3) is 3.19. The molecule has 0 spiro atoms. The van der Waals surface area contributed by atoms with E-state index in [0.717, 1.165) is 6.54 Å². The first-order valence-corrected chi connectivity index (χ1v) is 6.03. The van der Waals surface area contributed by atoms with Gasteiger partial charge in [-0.25, -0.2) is 4.79 Å². The fourth-order valence-corrected chi connectivity index (χ4v) is 1.88. The van der Waals surface area contributed by atoms with Crippen molar-refractivity contribution in [1.82, 2.24) is 24.9 Å². The highest BCUT2D eigenvalue weighted by Crippen LogP contribution is 2.07. The monoisotopic (exact) mass is 263 g/mol. The topological polar surface area (TPSA) is 85.0 Å². The normalized spacial score (nSPS) is 12.5. The summed E-state index contributed by atoms with van der Waals surface area (Å²) < 4.78 is 3.41. The van der Waals surface area contributed by atoms with Gasteiger partial charge in [0.1, 0.15) is 5.56 Å². The molecule has 2 rings (SSSR count). The Hall–Kier alpha value is -2.15. The number of carbonyl (C=O) groups is 1. The van der Waals surface area contributed by atoms with Gasteiger partial charge in [-0.05, 0) is 13.0 Å². The molecule has 2 heterocycles. The molecule has 0 amide bonds. The quantitative estimate of drug-likeness (QED) is 0.792. The van der Waals surface area contributed by atoms with Crippen molar-refractivity contribution in [3.05, 3.63) is 35.9 Å². The molecule has 0 aliphatic carbocycles. The summed E-state index contributed by atoms with van der Waals surface area (Å²) in [5.41, 5.74) is 0.904. The Labute approximate surface area is 110 Å². The highest BCUT2D eigenvalue weighted by atomic mass is 16.4. The summed E-state index contributed by atoms with van der Waals surface area (Å²) in [5, 5.41) is 20.4. The largest absolute Gasteiger partial charge is 0.478 e. The van der Waals surface area contributed by atoms with Crippen molar-refractivity contribution in [2.75, 3.05) is 0 Å². The highest BCUT2D eigenvalue weighted by Gasteiger charge is 2.15. The molecule has 19 heavy (non-hydrogen) atoms. The van der Waals surface area contributed by atoms with Crippen molar-refractivity contribution in [2.45, 2.75) is 26.1 Å². The zero-order chi connectivity index (χ0) is 13.8. The minimum absolute atomic E-state index is 0.177. The maximum atomic E-state index is 11.0. The second-order valence-corrected chi connectivity index (χ2v) is 4.44. The van der Waals surface area contributed by atoms with E-state index >= 15 is 0 Å². The van der Waals surface area contributed by atoms with Gasteiger partial charge in [0.05, 0.1) is 18.4 Å². The molecule has 0 saturated carbocycles. The van der Waals surface area contributed by atoms with Crippen molar-refractivity contribution < 1.29 is 9.90 Å². The molecule has 1 unspecified atom stereocenters. The molecule has 102 valence electrons. The van der Waals surface area contributed by atoms with Crippen molar-refractivity contribution in [2.24, 2.45) is 7.05 Å². The molecule has 0 bridgehead atoms. The third-order valence-corrected chi connectivity index (χ3v) is 2.93. The Morgan fingerprint density at radius 3 is 2.95 bits per heavy atom. The molecular formula is C12H17N5O2. The van der Waals surface area contributed by atoms with E-state index < -0.39 is 5.97 Å². The number of nitrogens with zero attached hydrogens (tertiary/aromatic N) is 4. The number of aromatic nitrogens is 4. The first-order chi connectivity index (χ1) is 9.08. The molecule has 0 aliphatic rings. The molecule has 2 N–H and O–H groups in total. The molecular weight excluding hydrogens is 246 g/mol. The van der Waals surface area contributed by atoms with Crippen molar-refractivity contribution >= 4 is 5.97 Å². The van der Waals surface area contributed by atoms with Crippen molar-refractivity contribution in [3.63, 3.8) is 0 Å². The molecule has 0 aromatic carbocycles. The summed E-state index contributed by atoms with van der Waals surface area (Å²) in [6, 6.07) is 2.05. The summed E-state index contributed by atoms with van der Waals surface area (Å²) in [6.45, 7) is 3.21. The smallest absolute Gasteiger partial charge is 0.339 e. The average molecular weight is 263 g/mol. The van der Waals surface area contributed by atoms with Crippen LogP contribution in [0.4, 0.5) is 0 Å². The Morgan fingerprint density at radius 2 is 2.32 bits per heavy atom. The summed E-state index contributed by atoms with van der Waals surface area (Å²) in [4.78, 5) is 11.0. The van der Waals surface area contributed by atoms with Gasteiger partial charge < -0.3 is 10.4 Å². The highest BCUT2D eigenvalue weighted by molar-refractivity contribution is 5.88.